The van der Waals surface area contributed by atoms with Crippen molar-refractivity contribution in [3.63, 3.8) is 0 Å². The Kier molecular flexibility index (Phi) is 5.54. The number of likely N-dealkylation sites (tertiary alicyclic amines) is 1. The highest BCUT2D eigenvalue weighted by atomic mass is 35.5. The van der Waals surface area contributed by atoms with Crippen molar-refractivity contribution < 1.29 is 9.53 Å². The minimum Gasteiger partial charge on any atom is -0.495 e. The number of carbonyl (C=O) groups is 1. The van der Waals surface area contributed by atoms with E-state index in [2.05, 4.69) is 15.0 Å². The molecule has 170 valence electrons. The fourth-order valence-corrected chi connectivity index (χ4v) is 5.43. The molecule has 5 rings (SSSR count). The first kappa shape index (κ1) is 21.8. The highest BCUT2D eigenvalue weighted by Gasteiger charge is 2.37. The predicted molar refractivity (Wildman–Crippen MR) is 133 cm³/mol. The lowest BCUT2D eigenvalue weighted by atomic mass is 10.1. The minimum atomic E-state index is -0.429. The van der Waals surface area contributed by atoms with Gasteiger partial charge in [-0.2, -0.15) is 10.0 Å². The van der Waals surface area contributed by atoms with Crippen LogP contribution in [0.25, 0.3) is 11.8 Å². The van der Waals surface area contributed by atoms with Gasteiger partial charge in [0.25, 0.3) is 5.91 Å². The summed E-state index contributed by atoms with van der Waals surface area (Å²) in [7, 11) is 1.62. The van der Waals surface area contributed by atoms with E-state index < -0.39 is 5.91 Å². The van der Waals surface area contributed by atoms with Crippen LogP contribution in [0.15, 0.2) is 39.9 Å². The van der Waals surface area contributed by atoms with Crippen LogP contribution >= 0.6 is 23.4 Å². The summed E-state index contributed by atoms with van der Waals surface area (Å²) in [6, 6.07) is 7.42. The number of ether oxygens (including phenoxy) is 1. The van der Waals surface area contributed by atoms with Gasteiger partial charge in [0.05, 0.1) is 18.4 Å². The second kappa shape index (κ2) is 8.39. The zero-order valence-corrected chi connectivity index (χ0v) is 20.1. The number of methoxy groups -OCH3 is 1. The van der Waals surface area contributed by atoms with Crippen molar-refractivity contribution >= 4 is 51.5 Å². The summed E-state index contributed by atoms with van der Waals surface area (Å²) in [5, 5.41) is 16.6. The Bertz CT molecular complexity index is 1270. The molecule has 33 heavy (non-hydrogen) atoms. The highest BCUT2D eigenvalue weighted by Crippen LogP contribution is 2.33. The van der Waals surface area contributed by atoms with Crippen molar-refractivity contribution in [1.82, 2.24) is 14.5 Å². The molecule has 1 N–H and O–H groups in total. The summed E-state index contributed by atoms with van der Waals surface area (Å²) in [5.74, 6) is 0.299. The number of amides is 1. The molecule has 0 aliphatic carbocycles. The molecule has 0 radical (unpaired) electrons. The third-order valence-corrected chi connectivity index (χ3v) is 7.18. The van der Waals surface area contributed by atoms with Gasteiger partial charge in [-0.15, -0.1) is 5.10 Å². The minimum absolute atomic E-state index is 0.0387. The Morgan fingerprint density at radius 1 is 1.18 bits per heavy atom. The van der Waals surface area contributed by atoms with Crippen LogP contribution in [-0.2, 0) is 4.79 Å². The summed E-state index contributed by atoms with van der Waals surface area (Å²) in [6.07, 6.45) is 3.97. The van der Waals surface area contributed by atoms with Crippen LogP contribution in [0.3, 0.4) is 0 Å². The molecule has 2 aromatic rings. The van der Waals surface area contributed by atoms with Gasteiger partial charge in [-0.3, -0.25) is 10.2 Å². The molecule has 1 aromatic heterocycles. The summed E-state index contributed by atoms with van der Waals surface area (Å²) >= 11 is 7.60. The largest absolute Gasteiger partial charge is 0.495 e. The van der Waals surface area contributed by atoms with Gasteiger partial charge in [-0.1, -0.05) is 11.6 Å². The van der Waals surface area contributed by atoms with Gasteiger partial charge in [0.15, 0.2) is 11.0 Å². The maximum Gasteiger partial charge on any atom is 0.283 e. The molecule has 10 heteroatoms. The molecule has 0 bridgehead atoms. The Morgan fingerprint density at radius 2 is 1.94 bits per heavy atom. The predicted octanol–water partition coefficient (Wildman–Crippen LogP) is 4.43. The van der Waals surface area contributed by atoms with E-state index in [1.165, 1.54) is 16.8 Å². The van der Waals surface area contributed by atoms with Gasteiger partial charge >= 0.3 is 0 Å². The van der Waals surface area contributed by atoms with E-state index in [0.717, 1.165) is 53.7 Å². The van der Waals surface area contributed by atoms with E-state index in [1.807, 2.05) is 36.6 Å². The van der Waals surface area contributed by atoms with Gasteiger partial charge in [0.1, 0.15) is 5.75 Å². The Hall–Kier alpha value is -3.04. The van der Waals surface area contributed by atoms with Gasteiger partial charge < -0.3 is 14.2 Å². The third kappa shape index (κ3) is 3.75. The lowest BCUT2D eigenvalue weighted by Gasteiger charge is -2.20. The maximum absolute atomic E-state index is 12.9. The Labute approximate surface area is 201 Å². The number of aryl methyl sites for hydroxylation is 1. The molecule has 1 fully saturated rings. The number of amidine groups is 3. The second-order valence-corrected chi connectivity index (χ2v) is 9.45. The lowest BCUT2D eigenvalue weighted by Crippen LogP contribution is -2.35. The average molecular weight is 483 g/mol. The number of halogens is 1. The van der Waals surface area contributed by atoms with Gasteiger partial charge in [0.2, 0.25) is 5.17 Å². The van der Waals surface area contributed by atoms with Crippen molar-refractivity contribution in [2.45, 2.75) is 26.7 Å². The average Bonchev–Trinajstić information content (AvgIpc) is 3.51. The van der Waals surface area contributed by atoms with Crippen molar-refractivity contribution in [1.29, 1.82) is 5.41 Å². The van der Waals surface area contributed by atoms with Crippen molar-refractivity contribution in [3.05, 3.63) is 51.8 Å². The molecule has 8 nitrogen and oxygen atoms in total. The first-order chi connectivity index (χ1) is 15.9. The molecule has 0 saturated carbocycles. The SMILES string of the molecule is COc1ccc(Cl)cc1-n1c(C)cc(/C=C2\C(=N)N3N=C(N4CCCC4)SC3=NC2=O)c1C. The van der Waals surface area contributed by atoms with Crippen LogP contribution in [0, 0.1) is 19.3 Å². The third-order valence-electron chi connectivity index (χ3n) is 5.97. The van der Waals surface area contributed by atoms with Crippen LogP contribution in [-0.4, -0.2) is 56.8 Å². The van der Waals surface area contributed by atoms with Gasteiger partial charge in [-0.05, 0) is 74.4 Å². The first-order valence-corrected chi connectivity index (χ1v) is 11.8. The number of thioether (sulfide) groups is 1. The quantitative estimate of drug-likeness (QED) is 0.654. The summed E-state index contributed by atoms with van der Waals surface area (Å²) in [4.78, 5) is 19.3. The first-order valence-electron chi connectivity index (χ1n) is 10.7. The van der Waals surface area contributed by atoms with E-state index >= 15 is 0 Å². The molecule has 4 heterocycles. The monoisotopic (exact) mass is 482 g/mol. The molecule has 1 saturated heterocycles. The molecule has 0 spiro atoms. The van der Waals surface area contributed by atoms with Crippen LogP contribution in [0.4, 0.5) is 0 Å². The van der Waals surface area contributed by atoms with Crippen LogP contribution in [0.5, 0.6) is 5.75 Å². The van der Waals surface area contributed by atoms with E-state index in [4.69, 9.17) is 21.7 Å². The number of aliphatic imine (C=N–C) groups is 1. The van der Waals surface area contributed by atoms with E-state index in [0.29, 0.717) is 15.9 Å². The number of aromatic nitrogens is 1. The molecule has 1 aromatic carbocycles. The molecular formula is C23H23ClN6O2S. The fraction of sp³-hybridized carbons (Fsp3) is 0.304. The number of fused-ring (bicyclic) bond motifs is 1. The lowest BCUT2D eigenvalue weighted by molar-refractivity contribution is -0.114. The number of benzene rings is 1. The second-order valence-electron chi connectivity index (χ2n) is 8.07. The zero-order valence-electron chi connectivity index (χ0n) is 18.6. The van der Waals surface area contributed by atoms with Crippen LogP contribution in [0.2, 0.25) is 5.02 Å². The summed E-state index contributed by atoms with van der Waals surface area (Å²) in [6.45, 7) is 5.82. The molecular weight excluding hydrogens is 460 g/mol. The summed E-state index contributed by atoms with van der Waals surface area (Å²) < 4.78 is 7.55. The number of hydrogen-bond donors (Lipinski definition) is 1. The van der Waals surface area contributed by atoms with Crippen molar-refractivity contribution in [3.8, 4) is 11.4 Å². The number of nitrogens with zero attached hydrogens (tertiary/aromatic N) is 5. The van der Waals surface area contributed by atoms with Gasteiger partial charge in [0, 0.05) is 29.5 Å². The Morgan fingerprint density at radius 3 is 2.67 bits per heavy atom. The van der Waals surface area contributed by atoms with Crippen molar-refractivity contribution in [2.24, 2.45) is 10.1 Å². The van der Waals surface area contributed by atoms with Crippen molar-refractivity contribution in [2.75, 3.05) is 20.2 Å². The molecule has 1 amide bonds. The van der Waals surface area contributed by atoms with Crippen LogP contribution < -0.4 is 4.74 Å². The standard InChI is InChI=1S/C23H23ClN6O2S/c1-13-10-15(14(2)29(13)18-12-16(24)6-7-19(18)32-3)11-17-20(25)30-22(26-21(17)31)33-23(27-30)28-8-4-5-9-28/h6-7,10-12,25H,4-5,8-9H2,1-3H3/b17-11+,25-20?. The molecule has 0 unspecified atom stereocenters. The summed E-state index contributed by atoms with van der Waals surface area (Å²) in [5.41, 5.74) is 3.68. The maximum atomic E-state index is 12.9. The van der Waals surface area contributed by atoms with E-state index in [-0.39, 0.29) is 11.4 Å². The smallest absolute Gasteiger partial charge is 0.283 e. The number of hydrazone groups is 1. The van der Waals surface area contributed by atoms with E-state index in [1.54, 1.807) is 19.3 Å². The van der Waals surface area contributed by atoms with E-state index in [9.17, 15) is 4.79 Å². The number of rotatable bonds is 3. The number of nitrogens with one attached hydrogen (secondary N) is 1. The highest BCUT2D eigenvalue weighted by molar-refractivity contribution is 8.26. The van der Waals surface area contributed by atoms with Gasteiger partial charge in [-0.25, -0.2) is 0 Å². The fourth-order valence-electron chi connectivity index (χ4n) is 4.32. The number of hydrogen-bond acceptors (Lipinski definition) is 6. The zero-order chi connectivity index (χ0) is 23.3. The molecule has 3 aliphatic rings. The van der Waals surface area contributed by atoms with Crippen LogP contribution in [0.1, 0.15) is 29.8 Å². The normalized spacial score (nSPS) is 19.3. The number of carbonyl (C=O) groups excluding carboxylic acids is 1. The Balaban J connectivity index is 1.52. The molecule has 3 aliphatic heterocycles. The molecule has 0 atom stereocenters. The topological polar surface area (TPSA) is 86.3 Å².